The number of hydrogen-bond donors (Lipinski definition) is 0. The highest BCUT2D eigenvalue weighted by molar-refractivity contribution is 9.10. The van der Waals surface area contributed by atoms with Crippen LogP contribution in [0.3, 0.4) is 0 Å². The molecule has 0 aromatic heterocycles. The van der Waals surface area contributed by atoms with E-state index < -0.39 is 0 Å². The van der Waals surface area contributed by atoms with Crippen LogP contribution in [-0.4, -0.2) is 10.6 Å². The summed E-state index contributed by atoms with van der Waals surface area (Å²) in [6, 6.07) is 0. The Morgan fingerprint density at radius 2 is 2.09 bits per heavy atom. The first kappa shape index (κ1) is 9.24. The Kier molecular flexibility index (Phi) is 2.43. The number of alkyl halides is 1. The van der Waals surface area contributed by atoms with Crippen LogP contribution in [0.15, 0.2) is 0 Å². The first-order valence-corrected chi connectivity index (χ1v) is 5.02. The van der Waals surface area contributed by atoms with Crippen molar-refractivity contribution in [3.05, 3.63) is 0 Å². The number of Topliss-reactive ketones (excluding diaryl/α,β-unsaturated/α-hetero) is 1. The van der Waals surface area contributed by atoms with Crippen LogP contribution in [0.1, 0.15) is 33.6 Å². The van der Waals surface area contributed by atoms with Gasteiger partial charge in [-0.3, -0.25) is 4.79 Å². The van der Waals surface area contributed by atoms with E-state index in [0.717, 1.165) is 12.8 Å². The van der Waals surface area contributed by atoms with Crippen molar-refractivity contribution in [2.45, 2.75) is 38.4 Å². The first-order chi connectivity index (χ1) is 4.93. The number of ketones is 1. The predicted molar refractivity (Wildman–Crippen MR) is 49.9 cm³/mol. The van der Waals surface area contributed by atoms with E-state index in [2.05, 4.69) is 36.7 Å². The molecule has 0 aliphatic heterocycles. The molecule has 1 fully saturated rings. The molecule has 0 N–H and O–H groups in total. The van der Waals surface area contributed by atoms with Crippen LogP contribution >= 0.6 is 15.9 Å². The topological polar surface area (TPSA) is 17.1 Å². The average Bonchev–Trinajstić information content (AvgIpc) is 1.83. The van der Waals surface area contributed by atoms with Gasteiger partial charge in [0.25, 0.3) is 0 Å². The number of rotatable bonds is 0. The van der Waals surface area contributed by atoms with Crippen molar-refractivity contribution < 1.29 is 4.79 Å². The quantitative estimate of drug-likeness (QED) is 0.572. The van der Waals surface area contributed by atoms with Crippen molar-refractivity contribution in [2.24, 2.45) is 11.3 Å². The summed E-state index contributed by atoms with van der Waals surface area (Å²) in [5.41, 5.74) is 0.210. The molecule has 11 heavy (non-hydrogen) atoms. The summed E-state index contributed by atoms with van der Waals surface area (Å²) in [6.45, 7) is 6.57. The zero-order valence-electron chi connectivity index (χ0n) is 7.36. The molecule has 0 bridgehead atoms. The fraction of sp³-hybridized carbons (Fsp3) is 0.889. The third-order valence-electron chi connectivity index (χ3n) is 2.87. The Balaban J connectivity index is 2.70. The van der Waals surface area contributed by atoms with Crippen LogP contribution < -0.4 is 0 Å². The largest absolute Gasteiger partial charge is 0.298 e. The van der Waals surface area contributed by atoms with Gasteiger partial charge in [0.05, 0.1) is 4.83 Å². The van der Waals surface area contributed by atoms with Gasteiger partial charge >= 0.3 is 0 Å². The summed E-state index contributed by atoms with van der Waals surface area (Å²) in [4.78, 5) is 11.4. The lowest BCUT2D eigenvalue weighted by atomic mass is 9.69. The molecular formula is C9H15BrO. The zero-order chi connectivity index (χ0) is 8.65. The fourth-order valence-corrected chi connectivity index (χ4v) is 2.22. The van der Waals surface area contributed by atoms with E-state index in [4.69, 9.17) is 0 Å². The van der Waals surface area contributed by atoms with E-state index in [1.54, 1.807) is 0 Å². The summed E-state index contributed by atoms with van der Waals surface area (Å²) in [7, 11) is 0. The van der Waals surface area contributed by atoms with Gasteiger partial charge < -0.3 is 0 Å². The Labute approximate surface area is 76.7 Å². The molecule has 1 rings (SSSR count). The van der Waals surface area contributed by atoms with Crippen LogP contribution in [0, 0.1) is 11.3 Å². The van der Waals surface area contributed by atoms with E-state index in [1.807, 2.05) is 0 Å². The lowest BCUT2D eigenvalue weighted by Gasteiger charge is -2.37. The lowest BCUT2D eigenvalue weighted by Crippen LogP contribution is -2.36. The highest BCUT2D eigenvalue weighted by Crippen LogP contribution is 2.40. The third-order valence-corrected chi connectivity index (χ3v) is 3.76. The number of carbonyl (C=O) groups excluding carboxylic acids is 1. The lowest BCUT2D eigenvalue weighted by molar-refractivity contribution is -0.123. The monoisotopic (exact) mass is 218 g/mol. The second-order valence-electron chi connectivity index (χ2n) is 4.24. The molecule has 0 radical (unpaired) electrons. The highest BCUT2D eigenvalue weighted by Gasteiger charge is 2.37. The molecule has 0 spiro atoms. The summed E-state index contributed by atoms with van der Waals surface area (Å²) in [6.07, 6.45) is 1.72. The molecule has 64 valence electrons. The van der Waals surface area contributed by atoms with Gasteiger partial charge in [-0.15, -0.1) is 0 Å². The van der Waals surface area contributed by atoms with E-state index in [-0.39, 0.29) is 10.2 Å². The summed E-state index contributed by atoms with van der Waals surface area (Å²) < 4.78 is 0. The van der Waals surface area contributed by atoms with E-state index in [0.29, 0.717) is 11.7 Å². The standard InChI is InChI=1S/C9H15BrO/c1-6-4-7(10)8(11)5-9(6,2)3/h6-7H,4-5H2,1-3H3. The summed E-state index contributed by atoms with van der Waals surface area (Å²) in [5.74, 6) is 1.01. The van der Waals surface area contributed by atoms with Crippen molar-refractivity contribution in [3.63, 3.8) is 0 Å². The van der Waals surface area contributed by atoms with Crippen LogP contribution in [0.25, 0.3) is 0 Å². The Morgan fingerprint density at radius 1 is 1.55 bits per heavy atom. The molecule has 1 nitrogen and oxygen atoms in total. The smallest absolute Gasteiger partial charge is 0.147 e. The van der Waals surface area contributed by atoms with Gasteiger partial charge in [-0.1, -0.05) is 36.7 Å². The fourth-order valence-electron chi connectivity index (χ4n) is 1.49. The van der Waals surface area contributed by atoms with Crippen molar-refractivity contribution >= 4 is 21.7 Å². The molecule has 2 atom stereocenters. The van der Waals surface area contributed by atoms with Gasteiger partial charge in [-0.2, -0.15) is 0 Å². The van der Waals surface area contributed by atoms with Crippen molar-refractivity contribution in [2.75, 3.05) is 0 Å². The second kappa shape index (κ2) is 2.89. The molecule has 0 aromatic rings. The minimum atomic E-state index is 0.116. The minimum absolute atomic E-state index is 0.116. The zero-order valence-corrected chi connectivity index (χ0v) is 8.94. The van der Waals surface area contributed by atoms with Crippen LogP contribution in [0.5, 0.6) is 0 Å². The first-order valence-electron chi connectivity index (χ1n) is 4.10. The maximum atomic E-state index is 11.3. The molecule has 2 unspecified atom stereocenters. The Morgan fingerprint density at radius 3 is 2.55 bits per heavy atom. The molecule has 0 heterocycles. The van der Waals surface area contributed by atoms with Gasteiger partial charge in [0.15, 0.2) is 0 Å². The highest BCUT2D eigenvalue weighted by atomic mass is 79.9. The Bertz CT molecular complexity index is 174. The molecule has 1 aliphatic rings. The van der Waals surface area contributed by atoms with Gasteiger partial charge in [0.1, 0.15) is 5.78 Å². The third kappa shape index (κ3) is 1.84. The predicted octanol–water partition coefficient (Wildman–Crippen LogP) is 2.78. The van der Waals surface area contributed by atoms with Crippen LogP contribution in [0.2, 0.25) is 0 Å². The van der Waals surface area contributed by atoms with Gasteiger partial charge in [-0.05, 0) is 17.8 Å². The van der Waals surface area contributed by atoms with E-state index >= 15 is 0 Å². The number of hydrogen-bond acceptors (Lipinski definition) is 1. The average molecular weight is 219 g/mol. The SMILES string of the molecule is CC1CC(Br)C(=O)CC1(C)C. The molecule has 0 saturated heterocycles. The molecule has 1 aliphatic carbocycles. The minimum Gasteiger partial charge on any atom is -0.298 e. The maximum Gasteiger partial charge on any atom is 0.147 e. The van der Waals surface area contributed by atoms with E-state index in [1.165, 1.54) is 0 Å². The molecule has 2 heteroatoms. The maximum absolute atomic E-state index is 11.3. The van der Waals surface area contributed by atoms with Crippen LogP contribution in [0.4, 0.5) is 0 Å². The van der Waals surface area contributed by atoms with E-state index in [9.17, 15) is 4.79 Å². The normalized spacial score (nSPS) is 37.3. The molecular weight excluding hydrogens is 204 g/mol. The van der Waals surface area contributed by atoms with Gasteiger partial charge in [0, 0.05) is 6.42 Å². The summed E-state index contributed by atoms with van der Waals surface area (Å²) in [5, 5.41) is 0. The van der Waals surface area contributed by atoms with Gasteiger partial charge in [0.2, 0.25) is 0 Å². The van der Waals surface area contributed by atoms with Gasteiger partial charge in [-0.25, -0.2) is 0 Å². The van der Waals surface area contributed by atoms with Crippen LogP contribution in [-0.2, 0) is 4.79 Å². The molecule has 1 saturated carbocycles. The number of carbonyl (C=O) groups is 1. The molecule has 0 amide bonds. The summed E-state index contributed by atoms with van der Waals surface area (Å²) >= 11 is 3.40. The second-order valence-corrected chi connectivity index (χ2v) is 5.34. The Hall–Kier alpha value is 0.150. The molecule has 0 aromatic carbocycles. The van der Waals surface area contributed by atoms with Crippen molar-refractivity contribution in [1.29, 1.82) is 0 Å². The van der Waals surface area contributed by atoms with Crippen molar-refractivity contribution in [1.82, 2.24) is 0 Å². The van der Waals surface area contributed by atoms with Crippen molar-refractivity contribution in [3.8, 4) is 0 Å². The number of halogens is 1.